The fraction of sp³-hybridized carbons (Fsp3) is 0.361. The van der Waals surface area contributed by atoms with E-state index in [1.54, 1.807) is 28.9 Å². The van der Waals surface area contributed by atoms with Crippen molar-refractivity contribution in [1.82, 2.24) is 4.90 Å². The first-order valence-corrected chi connectivity index (χ1v) is 16.0. The zero-order valence-corrected chi connectivity index (χ0v) is 26.2. The van der Waals surface area contributed by atoms with Gasteiger partial charge in [0.1, 0.15) is 0 Å². The highest BCUT2D eigenvalue weighted by Crippen LogP contribution is 2.47. The molecule has 2 N–H and O–H groups in total. The number of benzene rings is 3. The lowest BCUT2D eigenvalue weighted by atomic mass is 9.82. The lowest BCUT2D eigenvalue weighted by molar-refractivity contribution is -0.385. The molecule has 244 valence electrons. The molecular formula is C36H38N4O7. The summed E-state index contributed by atoms with van der Waals surface area (Å²) in [4.78, 5) is 55.6. The predicted octanol–water partition coefficient (Wildman–Crippen LogP) is 4.37. The van der Waals surface area contributed by atoms with Crippen LogP contribution in [0.5, 0.6) is 0 Å². The van der Waals surface area contributed by atoms with E-state index in [2.05, 4.69) is 0 Å². The Morgan fingerprint density at radius 2 is 1.83 bits per heavy atom. The number of aliphatic hydroxyl groups is 2. The average Bonchev–Trinajstić information content (AvgIpc) is 3.30. The molecule has 0 spiro atoms. The predicted molar refractivity (Wildman–Crippen MR) is 175 cm³/mol. The number of rotatable bonds is 9. The first kappa shape index (κ1) is 32.1. The largest absolute Gasteiger partial charge is 0.394 e. The molecule has 0 aliphatic carbocycles. The van der Waals surface area contributed by atoms with Crippen LogP contribution in [-0.2, 0) is 39.5 Å². The number of hydrogen-bond donors (Lipinski definition) is 2. The molecule has 3 amide bonds. The maximum Gasteiger partial charge on any atom is 0.269 e. The van der Waals surface area contributed by atoms with Crippen molar-refractivity contribution in [3.05, 3.63) is 111 Å². The Kier molecular flexibility index (Phi) is 8.94. The van der Waals surface area contributed by atoms with Crippen molar-refractivity contribution >= 4 is 34.8 Å². The maximum atomic E-state index is 14.0. The summed E-state index contributed by atoms with van der Waals surface area (Å²) < 4.78 is 0. The Morgan fingerprint density at radius 3 is 2.53 bits per heavy atom. The van der Waals surface area contributed by atoms with Gasteiger partial charge < -0.3 is 24.9 Å². The van der Waals surface area contributed by atoms with Crippen molar-refractivity contribution in [3.8, 4) is 0 Å². The van der Waals surface area contributed by atoms with E-state index in [-0.39, 0.29) is 48.7 Å². The van der Waals surface area contributed by atoms with Gasteiger partial charge in [-0.1, -0.05) is 55.5 Å². The van der Waals surface area contributed by atoms with E-state index in [0.717, 1.165) is 35.2 Å². The quantitative estimate of drug-likeness (QED) is 0.201. The number of carbonyl (C=O) groups is 3. The summed E-state index contributed by atoms with van der Waals surface area (Å²) in [6.07, 6.45) is 6.08. The van der Waals surface area contributed by atoms with Crippen LogP contribution in [0.2, 0.25) is 0 Å². The molecule has 3 aliphatic heterocycles. The standard InChI is InChI=1S/C36H38N4O7/c1-24(7-6-11-34(43)38-22-27-9-3-2-8-26(27)19-30(38)23-41)36(45)31-20-29(40(46)47)16-17-32(31)39(35(36)44)21-25-12-14-28(15-13-25)37-18-5-4-10-33(37)42/h2-3,6-9,12-17,20,24,30,41,45H,4-5,10-11,18-19,21-23H2,1H3/b7-6+/t24-,30+,36+/m1/s1. The number of aliphatic hydroxyl groups excluding tert-OH is 1. The van der Waals surface area contributed by atoms with Crippen LogP contribution in [0.25, 0.3) is 0 Å². The van der Waals surface area contributed by atoms with Gasteiger partial charge in [0, 0.05) is 55.2 Å². The minimum atomic E-state index is -2.11. The normalized spacial score (nSPS) is 21.6. The Bertz CT molecular complexity index is 1740. The molecule has 3 aromatic carbocycles. The Balaban J connectivity index is 1.21. The molecule has 0 bridgehead atoms. The molecule has 1 saturated heterocycles. The van der Waals surface area contributed by atoms with Crippen LogP contribution in [0, 0.1) is 16.0 Å². The van der Waals surface area contributed by atoms with E-state index in [1.807, 2.05) is 48.5 Å². The molecule has 47 heavy (non-hydrogen) atoms. The van der Waals surface area contributed by atoms with Gasteiger partial charge in [0.2, 0.25) is 11.8 Å². The van der Waals surface area contributed by atoms with Crippen molar-refractivity contribution in [2.45, 2.75) is 63.8 Å². The minimum absolute atomic E-state index is 0.00927. The number of carbonyl (C=O) groups excluding carboxylic acids is 3. The summed E-state index contributed by atoms with van der Waals surface area (Å²) in [5.74, 6) is -1.58. The number of fused-ring (bicyclic) bond motifs is 2. The van der Waals surface area contributed by atoms with Crippen molar-refractivity contribution < 1.29 is 29.5 Å². The molecule has 0 radical (unpaired) electrons. The lowest BCUT2D eigenvalue weighted by Gasteiger charge is -2.36. The van der Waals surface area contributed by atoms with Gasteiger partial charge in [0.15, 0.2) is 5.60 Å². The Labute approximate surface area is 272 Å². The number of anilines is 2. The fourth-order valence-corrected chi connectivity index (χ4v) is 6.92. The van der Waals surface area contributed by atoms with Crippen LogP contribution in [0.15, 0.2) is 78.9 Å². The van der Waals surface area contributed by atoms with Crippen molar-refractivity contribution in [2.24, 2.45) is 5.92 Å². The molecule has 6 rings (SSSR count). The van der Waals surface area contributed by atoms with E-state index in [9.17, 15) is 34.7 Å². The summed E-state index contributed by atoms with van der Waals surface area (Å²) in [6.45, 7) is 2.62. The van der Waals surface area contributed by atoms with Crippen molar-refractivity contribution in [3.63, 3.8) is 0 Å². The number of non-ortho nitro benzene ring substituents is 1. The summed E-state index contributed by atoms with van der Waals surface area (Å²) >= 11 is 0. The summed E-state index contributed by atoms with van der Waals surface area (Å²) in [5, 5.41) is 33.7. The summed E-state index contributed by atoms with van der Waals surface area (Å²) in [6, 6.07) is 18.8. The SMILES string of the molecule is C[C@H](/C=C/CC(=O)N1Cc2ccccc2C[C@H]1CO)[C@@]1(O)C(=O)N(Cc2ccc(N3CCCCC3=O)cc2)c2ccc([N+](=O)[O-])cc21. The molecule has 11 nitrogen and oxygen atoms in total. The zero-order chi connectivity index (χ0) is 33.3. The van der Waals surface area contributed by atoms with E-state index in [1.165, 1.54) is 23.1 Å². The van der Waals surface area contributed by atoms with Gasteiger partial charge in [0.25, 0.3) is 11.6 Å². The molecule has 11 heteroatoms. The molecule has 0 aromatic heterocycles. The van der Waals surface area contributed by atoms with Gasteiger partial charge in [-0.2, -0.15) is 0 Å². The number of hydrogen-bond acceptors (Lipinski definition) is 7. The second-order valence-electron chi connectivity index (χ2n) is 12.5. The highest BCUT2D eigenvalue weighted by atomic mass is 16.6. The van der Waals surface area contributed by atoms with Gasteiger partial charge in [-0.15, -0.1) is 0 Å². The molecule has 0 unspecified atom stereocenters. The van der Waals surface area contributed by atoms with Crippen LogP contribution < -0.4 is 9.80 Å². The van der Waals surface area contributed by atoms with Gasteiger partial charge in [-0.25, -0.2) is 0 Å². The lowest BCUT2D eigenvalue weighted by Crippen LogP contribution is -2.46. The molecule has 1 fully saturated rings. The van der Waals surface area contributed by atoms with Crippen LogP contribution in [-0.4, -0.2) is 57.0 Å². The fourth-order valence-electron chi connectivity index (χ4n) is 6.92. The van der Waals surface area contributed by atoms with Crippen LogP contribution in [0.1, 0.15) is 54.9 Å². The Hall–Kier alpha value is -4.87. The molecule has 3 heterocycles. The number of nitro groups is 1. The molecule has 3 aromatic rings. The first-order chi connectivity index (χ1) is 22.6. The zero-order valence-electron chi connectivity index (χ0n) is 26.2. The molecule has 3 atom stereocenters. The monoisotopic (exact) mass is 638 g/mol. The van der Waals surface area contributed by atoms with Crippen molar-refractivity contribution in [2.75, 3.05) is 23.0 Å². The van der Waals surface area contributed by atoms with E-state index < -0.39 is 22.3 Å². The van der Waals surface area contributed by atoms with Gasteiger partial charge in [-0.05, 0) is 54.2 Å². The second-order valence-corrected chi connectivity index (χ2v) is 12.5. The van der Waals surface area contributed by atoms with Crippen LogP contribution in [0.4, 0.5) is 17.1 Å². The van der Waals surface area contributed by atoms with Crippen LogP contribution in [0.3, 0.4) is 0 Å². The second kappa shape index (κ2) is 13.1. The maximum absolute atomic E-state index is 14.0. The number of nitrogens with zero attached hydrogens (tertiary/aromatic N) is 4. The topological polar surface area (TPSA) is 145 Å². The molecule has 3 aliphatic rings. The smallest absolute Gasteiger partial charge is 0.269 e. The van der Waals surface area contributed by atoms with Gasteiger partial charge >= 0.3 is 0 Å². The van der Waals surface area contributed by atoms with Crippen LogP contribution >= 0.6 is 0 Å². The molecular weight excluding hydrogens is 600 g/mol. The van der Waals surface area contributed by atoms with E-state index in [4.69, 9.17) is 0 Å². The first-order valence-electron chi connectivity index (χ1n) is 16.0. The Morgan fingerprint density at radius 1 is 1.09 bits per heavy atom. The minimum Gasteiger partial charge on any atom is -0.394 e. The third-order valence-corrected chi connectivity index (χ3v) is 9.64. The van der Waals surface area contributed by atoms with Gasteiger partial charge in [0.05, 0.1) is 29.8 Å². The average molecular weight is 639 g/mol. The van der Waals surface area contributed by atoms with Crippen molar-refractivity contribution in [1.29, 1.82) is 0 Å². The van der Waals surface area contributed by atoms with Gasteiger partial charge in [-0.3, -0.25) is 24.5 Å². The van der Waals surface area contributed by atoms with E-state index >= 15 is 0 Å². The number of amides is 3. The highest BCUT2D eigenvalue weighted by Gasteiger charge is 2.53. The highest BCUT2D eigenvalue weighted by molar-refractivity contribution is 6.07. The molecule has 0 saturated carbocycles. The third kappa shape index (κ3) is 6.04. The van der Waals surface area contributed by atoms with E-state index in [0.29, 0.717) is 31.6 Å². The summed E-state index contributed by atoms with van der Waals surface area (Å²) in [7, 11) is 0. The third-order valence-electron chi connectivity index (χ3n) is 9.64. The number of piperidine rings is 1. The summed E-state index contributed by atoms with van der Waals surface area (Å²) in [5.41, 5.74) is 1.81. The number of nitro benzene ring substituents is 1.